The lowest BCUT2D eigenvalue weighted by molar-refractivity contribution is -0.248. The van der Waals surface area contributed by atoms with Gasteiger partial charge >= 0.3 is 23.9 Å². The Morgan fingerprint density at radius 1 is 0.917 bits per heavy atom. The third-order valence-electron chi connectivity index (χ3n) is 3.19. The van der Waals surface area contributed by atoms with E-state index in [9.17, 15) is 24.3 Å². The average molecular weight is 348 g/mol. The number of hydrogen-bond acceptors (Lipinski definition) is 9. The Bertz CT molecular complexity index is 486. The number of aliphatic hydroxyl groups is 1. The van der Waals surface area contributed by atoms with Crippen molar-refractivity contribution < 1.29 is 48.3 Å². The highest BCUT2D eigenvalue weighted by molar-refractivity contribution is 5.69. The molecule has 1 aliphatic rings. The van der Waals surface area contributed by atoms with Crippen LogP contribution in [0.3, 0.4) is 0 Å². The van der Waals surface area contributed by atoms with Crippen LogP contribution in [0.25, 0.3) is 0 Å². The highest BCUT2D eigenvalue weighted by Gasteiger charge is 2.50. The van der Waals surface area contributed by atoms with Crippen LogP contribution in [-0.4, -0.2) is 71.2 Å². The molecule has 24 heavy (non-hydrogen) atoms. The van der Waals surface area contributed by atoms with Gasteiger partial charge in [0, 0.05) is 20.8 Å². The molecule has 0 amide bonds. The van der Waals surface area contributed by atoms with E-state index in [0.29, 0.717) is 0 Å². The van der Waals surface area contributed by atoms with E-state index < -0.39 is 60.8 Å². The molecule has 10 heteroatoms. The van der Waals surface area contributed by atoms with Gasteiger partial charge in [-0.25, -0.2) is 0 Å². The summed E-state index contributed by atoms with van der Waals surface area (Å²) < 4.78 is 20.2. The van der Waals surface area contributed by atoms with Crippen LogP contribution < -0.4 is 0 Å². The predicted molar refractivity (Wildman–Crippen MR) is 74.7 cm³/mol. The summed E-state index contributed by atoms with van der Waals surface area (Å²) in [5.74, 6) is -3.39. The molecule has 0 aromatic carbocycles. The van der Waals surface area contributed by atoms with Gasteiger partial charge in [-0.2, -0.15) is 0 Å². The van der Waals surface area contributed by atoms with Crippen LogP contribution in [0.4, 0.5) is 0 Å². The lowest BCUT2D eigenvalue weighted by atomic mass is 9.93. The second-order valence-corrected chi connectivity index (χ2v) is 5.25. The standard InChI is InChI=1S/C14H20O10/c1-6(15)21-5-10-13(22-7(2)16)14(23-8(3)17)12(20)9(24-10)4-11(18)19/h9-10,12-14,20H,4-5H2,1-3H3,(H,18,19)/t9-,10-,12-,13-,14-/m1/s1. The zero-order valence-corrected chi connectivity index (χ0v) is 13.5. The third kappa shape index (κ3) is 5.78. The summed E-state index contributed by atoms with van der Waals surface area (Å²) in [5.41, 5.74) is 0. The zero-order chi connectivity index (χ0) is 18.4. The van der Waals surface area contributed by atoms with Crippen molar-refractivity contribution in [2.75, 3.05) is 6.61 Å². The topological polar surface area (TPSA) is 146 Å². The van der Waals surface area contributed by atoms with Gasteiger partial charge in [0.15, 0.2) is 12.2 Å². The van der Waals surface area contributed by atoms with Gasteiger partial charge < -0.3 is 29.2 Å². The Labute approximate surface area is 137 Å². The van der Waals surface area contributed by atoms with Crippen LogP contribution in [0.2, 0.25) is 0 Å². The summed E-state index contributed by atoms with van der Waals surface area (Å²) in [6.07, 6.45) is -7.07. The van der Waals surface area contributed by atoms with Gasteiger partial charge in [0.1, 0.15) is 18.8 Å². The highest BCUT2D eigenvalue weighted by Crippen LogP contribution is 2.28. The van der Waals surface area contributed by atoms with E-state index in [0.717, 1.165) is 20.8 Å². The molecule has 10 nitrogen and oxygen atoms in total. The van der Waals surface area contributed by atoms with Gasteiger partial charge in [-0.1, -0.05) is 0 Å². The van der Waals surface area contributed by atoms with E-state index in [1.165, 1.54) is 0 Å². The van der Waals surface area contributed by atoms with Gasteiger partial charge in [0.2, 0.25) is 0 Å². The van der Waals surface area contributed by atoms with Crippen molar-refractivity contribution >= 4 is 23.9 Å². The van der Waals surface area contributed by atoms with Crippen LogP contribution in [0, 0.1) is 0 Å². The maximum Gasteiger partial charge on any atom is 0.306 e. The number of aliphatic hydroxyl groups excluding tert-OH is 1. The molecule has 1 aliphatic heterocycles. The summed E-state index contributed by atoms with van der Waals surface area (Å²) in [6, 6.07) is 0. The molecule has 0 saturated carbocycles. The second-order valence-electron chi connectivity index (χ2n) is 5.25. The number of carbonyl (C=O) groups excluding carboxylic acids is 3. The van der Waals surface area contributed by atoms with Gasteiger partial charge in [-0.15, -0.1) is 0 Å². The number of rotatable bonds is 6. The maximum absolute atomic E-state index is 11.3. The van der Waals surface area contributed by atoms with Gasteiger partial charge in [-0.05, 0) is 0 Å². The number of carbonyl (C=O) groups is 4. The number of hydrogen-bond donors (Lipinski definition) is 2. The van der Waals surface area contributed by atoms with E-state index in [2.05, 4.69) is 0 Å². The quantitative estimate of drug-likeness (QED) is 0.453. The van der Waals surface area contributed by atoms with Crippen molar-refractivity contribution in [2.45, 2.75) is 57.7 Å². The van der Waals surface area contributed by atoms with Crippen molar-refractivity contribution in [3.8, 4) is 0 Å². The molecular formula is C14H20O10. The smallest absolute Gasteiger partial charge is 0.306 e. The van der Waals surface area contributed by atoms with E-state index in [-0.39, 0.29) is 6.61 Å². The van der Waals surface area contributed by atoms with Crippen molar-refractivity contribution in [3.63, 3.8) is 0 Å². The maximum atomic E-state index is 11.3. The minimum Gasteiger partial charge on any atom is -0.481 e. The summed E-state index contributed by atoms with van der Waals surface area (Å²) in [4.78, 5) is 44.5. The van der Waals surface area contributed by atoms with Crippen LogP contribution >= 0.6 is 0 Å². The minimum atomic E-state index is -1.54. The molecule has 0 aromatic heterocycles. The normalized spacial score (nSPS) is 29.4. The molecule has 0 aromatic rings. The largest absolute Gasteiger partial charge is 0.481 e. The lowest BCUT2D eigenvalue weighted by Gasteiger charge is -2.42. The van der Waals surface area contributed by atoms with Crippen molar-refractivity contribution in [1.29, 1.82) is 0 Å². The molecule has 136 valence electrons. The van der Waals surface area contributed by atoms with Gasteiger partial charge in [0.25, 0.3) is 0 Å². The summed E-state index contributed by atoms with van der Waals surface area (Å²) in [7, 11) is 0. The first-order valence-electron chi connectivity index (χ1n) is 7.15. The third-order valence-corrected chi connectivity index (χ3v) is 3.19. The minimum absolute atomic E-state index is 0.367. The molecule has 1 heterocycles. The zero-order valence-electron chi connectivity index (χ0n) is 13.5. The molecule has 2 N–H and O–H groups in total. The van der Waals surface area contributed by atoms with Gasteiger partial charge in [0.05, 0.1) is 12.5 Å². The van der Waals surface area contributed by atoms with Gasteiger partial charge in [-0.3, -0.25) is 19.2 Å². The number of ether oxygens (including phenoxy) is 4. The Hall–Kier alpha value is -2.20. The molecule has 5 atom stereocenters. The fourth-order valence-electron chi connectivity index (χ4n) is 2.34. The van der Waals surface area contributed by atoms with Crippen LogP contribution in [0.15, 0.2) is 0 Å². The van der Waals surface area contributed by atoms with E-state index in [4.69, 9.17) is 24.1 Å². The first-order valence-corrected chi connectivity index (χ1v) is 7.15. The SMILES string of the molecule is CC(=O)OC[C@H]1O[C@H](CC(=O)O)[C@@H](O)[C@@H](OC(C)=O)[C@@H]1OC(C)=O. The molecule has 0 bridgehead atoms. The monoisotopic (exact) mass is 348 g/mol. The fraction of sp³-hybridized carbons (Fsp3) is 0.714. The lowest BCUT2D eigenvalue weighted by Crippen LogP contribution is -2.61. The van der Waals surface area contributed by atoms with E-state index in [1.807, 2.05) is 0 Å². The molecule has 0 aliphatic carbocycles. The molecule has 1 saturated heterocycles. The van der Waals surface area contributed by atoms with Crippen molar-refractivity contribution in [3.05, 3.63) is 0 Å². The molecule has 1 fully saturated rings. The van der Waals surface area contributed by atoms with E-state index in [1.54, 1.807) is 0 Å². The molecule has 0 radical (unpaired) electrons. The fourth-order valence-corrected chi connectivity index (χ4v) is 2.34. The van der Waals surface area contributed by atoms with E-state index >= 15 is 0 Å². The second kappa shape index (κ2) is 8.60. The summed E-state index contributed by atoms with van der Waals surface area (Å²) >= 11 is 0. The summed E-state index contributed by atoms with van der Waals surface area (Å²) in [5, 5.41) is 19.1. The molecule has 0 unspecified atom stereocenters. The average Bonchev–Trinajstić information content (AvgIpc) is 2.42. The first-order chi connectivity index (χ1) is 11.1. The van der Waals surface area contributed by atoms with Crippen LogP contribution in [0.5, 0.6) is 0 Å². The number of carboxylic acid groups (broad SMARTS) is 1. The highest BCUT2D eigenvalue weighted by atomic mass is 16.6. The Kier molecular flexibility index (Phi) is 7.11. The van der Waals surface area contributed by atoms with Crippen molar-refractivity contribution in [1.82, 2.24) is 0 Å². The summed E-state index contributed by atoms with van der Waals surface area (Å²) in [6.45, 7) is 2.97. The predicted octanol–water partition coefficient (Wildman–Crippen LogP) is -0.984. The van der Waals surface area contributed by atoms with Crippen LogP contribution in [-0.2, 0) is 38.1 Å². The number of carboxylic acids is 1. The molecule has 1 rings (SSSR count). The Morgan fingerprint density at radius 2 is 1.46 bits per heavy atom. The number of esters is 3. The number of aliphatic carboxylic acids is 1. The van der Waals surface area contributed by atoms with Crippen LogP contribution in [0.1, 0.15) is 27.2 Å². The Morgan fingerprint density at radius 3 is 1.92 bits per heavy atom. The first kappa shape index (κ1) is 19.8. The van der Waals surface area contributed by atoms with Crippen molar-refractivity contribution in [2.24, 2.45) is 0 Å². The molecular weight excluding hydrogens is 328 g/mol. The Balaban J connectivity index is 3.08. The molecule has 0 spiro atoms.